The minimum atomic E-state index is 0.147. The van der Waals surface area contributed by atoms with Crippen molar-refractivity contribution >= 4 is 17.7 Å². The Morgan fingerprint density at radius 1 is 1.03 bits per heavy atom. The van der Waals surface area contributed by atoms with E-state index >= 15 is 0 Å². The number of hydrogen-bond donors (Lipinski definition) is 1. The van der Waals surface area contributed by atoms with Crippen LogP contribution in [0, 0.1) is 13.8 Å². The number of hydrogen-bond acceptors (Lipinski definition) is 5. The Labute approximate surface area is 181 Å². The number of amides is 1. The van der Waals surface area contributed by atoms with Gasteiger partial charge in [0.15, 0.2) is 0 Å². The molecule has 0 spiro atoms. The number of rotatable bonds is 6. The molecule has 3 aromatic rings. The highest BCUT2D eigenvalue weighted by molar-refractivity contribution is 7.99. The van der Waals surface area contributed by atoms with Gasteiger partial charge in [-0.2, -0.15) is 4.68 Å². The Kier molecular flexibility index (Phi) is 6.44. The van der Waals surface area contributed by atoms with Crippen LogP contribution in [0.25, 0.3) is 5.69 Å². The Morgan fingerprint density at radius 2 is 1.73 bits per heavy atom. The van der Waals surface area contributed by atoms with Crippen LogP contribution in [0.15, 0.2) is 53.7 Å². The molecule has 0 aliphatic carbocycles. The summed E-state index contributed by atoms with van der Waals surface area (Å²) in [6.07, 6.45) is 0. The molecule has 2 aromatic carbocycles. The summed E-state index contributed by atoms with van der Waals surface area (Å²) in [5.74, 6) is 0.494. The maximum absolute atomic E-state index is 12.7. The fourth-order valence-corrected chi connectivity index (χ4v) is 4.55. The summed E-state index contributed by atoms with van der Waals surface area (Å²) in [5.41, 5.74) is 4.76. The standard InChI is InChI=1S/C22H26N6OS/c1-17-7-3-5-9-19(17)15-26-11-13-27(14-12-26)21(29)16-30-22-23-24-25-28(22)20-10-6-4-8-18(20)2/h3-10H,11-16H2,1-2H3/p+1. The smallest absolute Gasteiger partial charge is 0.233 e. The van der Waals surface area contributed by atoms with Gasteiger partial charge in [-0.05, 0) is 41.5 Å². The predicted octanol–water partition coefficient (Wildman–Crippen LogP) is 1.30. The van der Waals surface area contributed by atoms with Gasteiger partial charge in [-0.15, -0.1) is 5.10 Å². The second-order valence-corrected chi connectivity index (χ2v) is 8.62. The number of nitrogens with one attached hydrogen (secondary N) is 1. The number of aromatic nitrogens is 4. The van der Waals surface area contributed by atoms with E-state index in [-0.39, 0.29) is 5.91 Å². The van der Waals surface area contributed by atoms with Gasteiger partial charge in [0.05, 0.1) is 37.6 Å². The third kappa shape index (κ3) is 4.71. The molecule has 0 bridgehead atoms. The second kappa shape index (κ2) is 9.40. The normalized spacial score (nSPS) is 14.8. The summed E-state index contributed by atoms with van der Waals surface area (Å²) < 4.78 is 1.71. The van der Waals surface area contributed by atoms with E-state index in [0.29, 0.717) is 10.9 Å². The van der Waals surface area contributed by atoms with E-state index < -0.39 is 0 Å². The average molecular weight is 424 g/mol. The molecular formula is C22H27N6OS+. The molecule has 2 heterocycles. The average Bonchev–Trinajstić information content (AvgIpc) is 3.23. The molecule has 0 saturated carbocycles. The first-order valence-corrected chi connectivity index (χ1v) is 11.2. The first-order valence-electron chi connectivity index (χ1n) is 10.2. The molecule has 1 aromatic heterocycles. The van der Waals surface area contributed by atoms with Crippen molar-refractivity contribution in [3.8, 4) is 5.69 Å². The van der Waals surface area contributed by atoms with Crippen LogP contribution in [-0.2, 0) is 11.3 Å². The molecule has 1 saturated heterocycles. The maximum atomic E-state index is 12.7. The number of carbonyl (C=O) groups excluding carboxylic acids is 1. The molecule has 0 unspecified atom stereocenters. The van der Waals surface area contributed by atoms with Crippen LogP contribution < -0.4 is 4.90 Å². The topological polar surface area (TPSA) is 68.3 Å². The molecule has 1 amide bonds. The van der Waals surface area contributed by atoms with Gasteiger partial charge < -0.3 is 9.80 Å². The van der Waals surface area contributed by atoms with Gasteiger partial charge in [0.1, 0.15) is 6.54 Å². The third-order valence-electron chi connectivity index (χ3n) is 5.63. The summed E-state index contributed by atoms with van der Waals surface area (Å²) in [4.78, 5) is 16.2. The van der Waals surface area contributed by atoms with E-state index in [1.807, 2.05) is 36.1 Å². The van der Waals surface area contributed by atoms with Crippen molar-refractivity contribution < 1.29 is 9.69 Å². The van der Waals surface area contributed by atoms with E-state index in [1.165, 1.54) is 27.8 Å². The highest BCUT2D eigenvalue weighted by Crippen LogP contribution is 2.20. The fraction of sp³-hybridized carbons (Fsp3) is 0.364. The molecule has 1 fully saturated rings. The minimum absolute atomic E-state index is 0.147. The molecule has 0 radical (unpaired) electrons. The molecule has 30 heavy (non-hydrogen) atoms. The number of para-hydroxylation sites is 1. The summed E-state index contributed by atoms with van der Waals surface area (Å²) in [7, 11) is 0. The van der Waals surface area contributed by atoms with Gasteiger partial charge in [0, 0.05) is 5.56 Å². The SMILES string of the molecule is Cc1ccccc1C[NH+]1CCN(C(=O)CSc2nnnn2-c2ccccc2C)CC1. The van der Waals surface area contributed by atoms with Gasteiger partial charge >= 0.3 is 0 Å². The van der Waals surface area contributed by atoms with Gasteiger partial charge in [-0.25, -0.2) is 0 Å². The number of tetrazole rings is 1. The van der Waals surface area contributed by atoms with E-state index in [9.17, 15) is 4.79 Å². The van der Waals surface area contributed by atoms with Crippen molar-refractivity contribution in [2.24, 2.45) is 0 Å². The van der Waals surface area contributed by atoms with E-state index in [4.69, 9.17) is 0 Å². The molecule has 156 valence electrons. The molecule has 8 heteroatoms. The third-order valence-corrected chi connectivity index (χ3v) is 6.54. The summed E-state index contributed by atoms with van der Waals surface area (Å²) in [5, 5.41) is 12.7. The summed E-state index contributed by atoms with van der Waals surface area (Å²) in [6, 6.07) is 16.5. The Bertz CT molecular complexity index is 1010. The van der Waals surface area contributed by atoms with Crippen LogP contribution in [0.1, 0.15) is 16.7 Å². The predicted molar refractivity (Wildman–Crippen MR) is 117 cm³/mol. The van der Waals surface area contributed by atoms with Gasteiger partial charge in [-0.1, -0.05) is 54.2 Å². The summed E-state index contributed by atoms with van der Waals surface area (Å²) >= 11 is 1.39. The van der Waals surface area contributed by atoms with Gasteiger partial charge in [-0.3, -0.25) is 4.79 Å². The van der Waals surface area contributed by atoms with Crippen LogP contribution in [0.2, 0.25) is 0 Å². The van der Waals surface area contributed by atoms with Crippen molar-refractivity contribution in [3.63, 3.8) is 0 Å². The molecule has 1 aliphatic rings. The molecule has 4 rings (SSSR count). The lowest BCUT2D eigenvalue weighted by molar-refractivity contribution is -0.917. The monoisotopic (exact) mass is 423 g/mol. The zero-order chi connectivity index (χ0) is 20.9. The number of nitrogens with zero attached hydrogens (tertiary/aromatic N) is 5. The molecule has 7 nitrogen and oxygen atoms in total. The number of thioether (sulfide) groups is 1. The molecule has 1 N–H and O–H groups in total. The van der Waals surface area contributed by atoms with Gasteiger partial charge in [0.25, 0.3) is 0 Å². The van der Waals surface area contributed by atoms with Crippen LogP contribution in [0.3, 0.4) is 0 Å². The quantitative estimate of drug-likeness (QED) is 0.606. The van der Waals surface area contributed by atoms with Gasteiger partial charge in [0.2, 0.25) is 11.1 Å². The van der Waals surface area contributed by atoms with Crippen LogP contribution in [-0.4, -0.2) is 62.9 Å². The van der Waals surface area contributed by atoms with E-state index in [1.54, 1.807) is 4.68 Å². The number of aryl methyl sites for hydroxylation is 2. The zero-order valence-electron chi connectivity index (χ0n) is 17.4. The van der Waals surface area contributed by atoms with Crippen molar-refractivity contribution in [1.29, 1.82) is 0 Å². The Hall–Kier alpha value is -2.71. The number of quaternary nitrogens is 1. The largest absolute Gasteiger partial charge is 0.331 e. The minimum Gasteiger partial charge on any atom is -0.331 e. The highest BCUT2D eigenvalue weighted by atomic mass is 32.2. The Morgan fingerprint density at radius 3 is 2.47 bits per heavy atom. The van der Waals surface area contributed by atoms with Crippen LogP contribution >= 0.6 is 11.8 Å². The van der Waals surface area contributed by atoms with Crippen molar-refractivity contribution in [2.75, 3.05) is 31.9 Å². The number of benzene rings is 2. The first kappa shape index (κ1) is 20.6. The van der Waals surface area contributed by atoms with Crippen molar-refractivity contribution in [2.45, 2.75) is 25.5 Å². The summed E-state index contributed by atoms with van der Waals surface area (Å²) in [6.45, 7) is 8.75. The Balaban J connectivity index is 1.30. The lowest BCUT2D eigenvalue weighted by Crippen LogP contribution is -3.13. The first-order chi connectivity index (χ1) is 14.6. The van der Waals surface area contributed by atoms with Crippen molar-refractivity contribution in [1.82, 2.24) is 25.1 Å². The van der Waals surface area contributed by atoms with Crippen molar-refractivity contribution in [3.05, 3.63) is 65.2 Å². The van der Waals surface area contributed by atoms with E-state index in [2.05, 4.69) is 46.7 Å². The lowest BCUT2D eigenvalue weighted by Gasteiger charge is -2.32. The molecule has 0 atom stereocenters. The zero-order valence-corrected chi connectivity index (χ0v) is 18.2. The molecule has 1 aliphatic heterocycles. The highest BCUT2D eigenvalue weighted by Gasteiger charge is 2.24. The van der Waals surface area contributed by atoms with E-state index in [0.717, 1.165) is 44.0 Å². The van der Waals surface area contributed by atoms with Crippen LogP contribution in [0.5, 0.6) is 0 Å². The number of piperazine rings is 1. The van der Waals surface area contributed by atoms with Crippen LogP contribution in [0.4, 0.5) is 0 Å². The lowest BCUT2D eigenvalue weighted by atomic mass is 10.1. The fourth-order valence-electron chi connectivity index (χ4n) is 3.77. The maximum Gasteiger partial charge on any atom is 0.233 e. The number of carbonyl (C=O) groups is 1. The molecular weight excluding hydrogens is 396 g/mol. The second-order valence-electron chi connectivity index (χ2n) is 7.68.